The lowest BCUT2D eigenvalue weighted by Gasteiger charge is -2.12. The molecule has 0 saturated heterocycles. The summed E-state index contributed by atoms with van der Waals surface area (Å²) in [6.45, 7) is 2.19. The fourth-order valence-electron chi connectivity index (χ4n) is 4.12. The van der Waals surface area contributed by atoms with Gasteiger partial charge in [0.1, 0.15) is 0 Å². The first-order valence-electron chi connectivity index (χ1n) is 10.0. The van der Waals surface area contributed by atoms with Gasteiger partial charge in [-0.2, -0.15) is 0 Å². The molecule has 0 radical (unpaired) electrons. The third-order valence-electron chi connectivity index (χ3n) is 5.71. The van der Waals surface area contributed by atoms with Crippen molar-refractivity contribution in [1.82, 2.24) is 0 Å². The molecule has 0 unspecified atom stereocenters. The minimum atomic E-state index is 1.07. The monoisotopic (exact) mass is 436 g/mol. The molecular weight excluding hydrogens is 416 g/mol. The molecule has 0 N–H and O–H groups in total. The van der Waals surface area contributed by atoms with Crippen LogP contribution in [0.15, 0.2) is 102 Å². The Morgan fingerprint density at radius 3 is 1.83 bits per heavy atom. The molecule has 0 heterocycles. The number of rotatable bonds is 3. The molecule has 0 amide bonds. The molecule has 0 aliphatic heterocycles. The van der Waals surface area contributed by atoms with Gasteiger partial charge >= 0.3 is 0 Å². The van der Waals surface area contributed by atoms with Crippen molar-refractivity contribution in [3.05, 3.63) is 107 Å². The number of hydrogen-bond donors (Lipinski definition) is 0. The van der Waals surface area contributed by atoms with E-state index in [4.69, 9.17) is 0 Å². The van der Waals surface area contributed by atoms with Crippen molar-refractivity contribution in [3.63, 3.8) is 0 Å². The van der Waals surface area contributed by atoms with Gasteiger partial charge in [0.25, 0.3) is 0 Å². The lowest BCUT2D eigenvalue weighted by molar-refractivity contribution is 1.14. The van der Waals surface area contributed by atoms with Crippen molar-refractivity contribution in [2.75, 3.05) is 0 Å². The van der Waals surface area contributed by atoms with Crippen molar-refractivity contribution >= 4 is 37.5 Å². The van der Waals surface area contributed by atoms with Crippen LogP contribution in [0.4, 0.5) is 0 Å². The maximum absolute atomic E-state index is 3.59. The number of fused-ring (bicyclic) bond motifs is 2. The van der Waals surface area contributed by atoms with Crippen LogP contribution in [-0.2, 0) is 6.42 Å². The maximum Gasteiger partial charge on any atom is 0.0181 e. The van der Waals surface area contributed by atoms with Crippen LogP contribution in [0.25, 0.3) is 43.8 Å². The van der Waals surface area contributed by atoms with Crippen molar-refractivity contribution in [1.29, 1.82) is 0 Å². The summed E-state index contributed by atoms with van der Waals surface area (Å²) in [5.41, 5.74) is 6.46. The summed E-state index contributed by atoms with van der Waals surface area (Å²) in [4.78, 5) is 0. The van der Waals surface area contributed by atoms with Crippen LogP contribution in [0.1, 0.15) is 12.5 Å². The van der Waals surface area contributed by atoms with Gasteiger partial charge in [0, 0.05) is 4.47 Å². The topological polar surface area (TPSA) is 0 Å². The number of benzene rings is 5. The van der Waals surface area contributed by atoms with Gasteiger partial charge in [-0.15, -0.1) is 0 Å². The summed E-state index contributed by atoms with van der Waals surface area (Å²) in [6.07, 6.45) is 1.07. The third-order valence-corrected chi connectivity index (χ3v) is 6.20. The molecule has 5 aromatic carbocycles. The van der Waals surface area contributed by atoms with E-state index in [-0.39, 0.29) is 0 Å². The molecule has 0 aliphatic rings. The minimum Gasteiger partial charge on any atom is -0.0613 e. The van der Waals surface area contributed by atoms with Crippen molar-refractivity contribution in [2.45, 2.75) is 13.3 Å². The lowest BCUT2D eigenvalue weighted by atomic mass is 9.92. The number of aryl methyl sites for hydroxylation is 1. The van der Waals surface area contributed by atoms with Crippen LogP contribution in [0.5, 0.6) is 0 Å². The lowest BCUT2D eigenvalue weighted by Crippen LogP contribution is -1.86. The number of hydrogen-bond acceptors (Lipinski definition) is 0. The van der Waals surface area contributed by atoms with E-state index in [1.165, 1.54) is 49.4 Å². The fraction of sp³-hybridized carbons (Fsp3) is 0.0714. The zero-order chi connectivity index (χ0) is 19.8. The standard InChI is InChI=1S/C28H21Br/c1-2-19-9-11-20(12-10-19)21-13-15-25-22(17-21)5-3-7-27(25)28-8-4-6-23-18-24(29)14-16-26(23)28/h3-18H,2H2,1H3. The van der Waals surface area contributed by atoms with Gasteiger partial charge in [0.05, 0.1) is 0 Å². The summed E-state index contributed by atoms with van der Waals surface area (Å²) in [5.74, 6) is 0. The van der Waals surface area contributed by atoms with Crippen molar-refractivity contribution < 1.29 is 0 Å². The second-order valence-corrected chi connectivity index (χ2v) is 8.38. The predicted octanol–water partition coefficient (Wildman–Crippen LogP) is 8.65. The highest BCUT2D eigenvalue weighted by molar-refractivity contribution is 9.10. The van der Waals surface area contributed by atoms with Crippen LogP contribution >= 0.6 is 15.9 Å². The van der Waals surface area contributed by atoms with Gasteiger partial charge in [-0.3, -0.25) is 0 Å². The van der Waals surface area contributed by atoms with Crippen LogP contribution in [-0.4, -0.2) is 0 Å². The number of halogens is 1. The Morgan fingerprint density at radius 2 is 1.17 bits per heavy atom. The Morgan fingerprint density at radius 1 is 0.586 bits per heavy atom. The smallest absolute Gasteiger partial charge is 0.0181 e. The Hall–Kier alpha value is -2.90. The second kappa shape index (κ2) is 7.50. The first kappa shape index (κ1) is 18.1. The molecule has 0 fully saturated rings. The summed E-state index contributed by atoms with van der Waals surface area (Å²) >= 11 is 3.59. The quantitative estimate of drug-likeness (QED) is 0.265. The summed E-state index contributed by atoms with van der Waals surface area (Å²) in [5, 5.41) is 5.09. The van der Waals surface area contributed by atoms with E-state index in [1.807, 2.05) is 0 Å². The average Bonchev–Trinajstić information content (AvgIpc) is 2.78. The second-order valence-electron chi connectivity index (χ2n) is 7.46. The zero-order valence-electron chi connectivity index (χ0n) is 16.3. The highest BCUT2D eigenvalue weighted by Gasteiger charge is 2.09. The van der Waals surface area contributed by atoms with Gasteiger partial charge in [0.2, 0.25) is 0 Å². The molecule has 0 aromatic heterocycles. The molecule has 1 heteroatoms. The predicted molar refractivity (Wildman–Crippen MR) is 129 cm³/mol. The van der Waals surface area contributed by atoms with Gasteiger partial charge in [0.15, 0.2) is 0 Å². The zero-order valence-corrected chi connectivity index (χ0v) is 17.9. The van der Waals surface area contributed by atoms with E-state index in [1.54, 1.807) is 0 Å². The Kier molecular flexibility index (Phi) is 4.69. The van der Waals surface area contributed by atoms with Crippen LogP contribution in [0.3, 0.4) is 0 Å². The van der Waals surface area contributed by atoms with Gasteiger partial charge in [-0.25, -0.2) is 0 Å². The SMILES string of the molecule is CCc1ccc(-c2ccc3c(-c4cccc5cc(Br)ccc45)cccc3c2)cc1. The maximum atomic E-state index is 3.59. The fourth-order valence-corrected chi connectivity index (χ4v) is 4.50. The highest BCUT2D eigenvalue weighted by atomic mass is 79.9. The average molecular weight is 437 g/mol. The summed E-state index contributed by atoms with van der Waals surface area (Å²) in [7, 11) is 0. The van der Waals surface area contributed by atoms with E-state index in [0.29, 0.717) is 0 Å². The van der Waals surface area contributed by atoms with Crippen molar-refractivity contribution in [3.8, 4) is 22.3 Å². The Labute approximate surface area is 180 Å². The van der Waals surface area contributed by atoms with Gasteiger partial charge in [-0.1, -0.05) is 102 Å². The first-order chi connectivity index (χ1) is 14.2. The van der Waals surface area contributed by atoms with Gasteiger partial charge < -0.3 is 0 Å². The summed E-state index contributed by atoms with van der Waals surface area (Å²) < 4.78 is 1.11. The largest absolute Gasteiger partial charge is 0.0613 e. The third kappa shape index (κ3) is 3.36. The molecule has 29 heavy (non-hydrogen) atoms. The molecule has 0 bridgehead atoms. The van der Waals surface area contributed by atoms with Crippen LogP contribution in [0, 0.1) is 0 Å². The summed E-state index contributed by atoms with van der Waals surface area (Å²) in [6, 6.07) is 35.4. The highest BCUT2D eigenvalue weighted by Crippen LogP contribution is 2.36. The molecule has 0 saturated carbocycles. The molecule has 0 spiro atoms. The normalized spacial score (nSPS) is 11.2. The molecular formula is C28H21Br. The molecule has 0 atom stereocenters. The van der Waals surface area contributed by atoms with E-state index in [9.17, 15) is 0 Å². The van der Waals surface area contributed by atoms with Crippen LogP contribution < -0.4 is 0 Å². The Balaban J connectivity index is 1.66. The first-order valence-corrected chi connectivity index (χ1v) is 10.8. The van der Waals surface area contributed by atoms with E-state index in [2.05, 4.69) is 120 Å². The molecule has 0 aliphatic carbocycles. The van der Waals surface area contributed by atoms with E-state index >= 15 is 0 Å². The molecule has 5 aromatic rings. The minimum absolute atomic E-state index is 1.07. The Bertz CT molecular complexity index is 1330. The van der Waals surface area contributed by atoms with E-state index < -0.39 is 0 Å². The van der Waals surface area contributed by atoms with Crippen LogP contribution in [0.2, 0.25) is 0 Å². The van der Waals surface area contributed by atoms with Gasteiger partial charge in [-0.05, 0) is 74.0 Å². The van der Waals surface area contributed by atoms with E-state index in [0.717, 1.165) is 10.9 Å². The van der Waals surface area contributed by atoms with Crippen molar-refractivity contribution in [2.24, 2.45) is 0 Å². The molecule has 0 nitrogen and oxygen atoms in total. The molecule has 140 valence electrons. The molecule has 5 rings (SSSR count).